The van der Waals surface area contributed by atoms with Gasteiger partial charge in [0.15, 0.2) is 6.29 Å². The number of benzene rings is 1. The summed E-state index contributed by atoms with van der Waals surface area (Å²) in [6.07, 6.45) is 0.658. The van der Waals surface area contributed by atoms with E-state index in [4.69, 9.17) is 23.2 Å². The molecule has 2 aromatic rings. The van der Waals surface area contributed by atoms with Gasteiger partial charge in [-0.05, 0) is 25.1 Å². The fraction of sp³-hybridized carbons (Fsp3) is 0.100. The molecule has 0 unspecified atom stereocenters. The monoisotopic (exact) mass is 255 g/mol. The molecular formula is C10H7Cl2N3O. The first kappa shape index (κ1) is 11.1. The Morgan fingerprint density at radius 1 is 1.25 bits per heavy atom. The third-order valence-corrected chi connectivity index (χ3v) is 2.57. The van der Waals surface area contributed by atoms with Crippen molar-refractivity contribution in [3.63, 3.8) is 0 Å². The molecule has 1 aromatic heterocycles. The summed E-state index contributed by atoms with van der Waals surface area (Å²) in [7, 11) is 0. The highest BCUT2D eigenvalue weighted by molar-refractivity contribution is 6.34. The fourth-order valence-electron chi connectivity index (χ4n) is 1.36. The molecule has 0 aliphatic rings. The first-order valence-electron chi connectivity index (χ1n) is 4.46. The standard InChI is InChI=1S/C10H7Cl2N3O/c1-6-10(5-16)13-14-15(6)9-3-7(11)2-8(12)4-9/h2-5H,1H3. The number of nitrogens with zero attached hydrogens (tertiary/aromatic N) is 3. The second-order valence-corrected chi connectivity index (χ2v) is 4.09. The Kier molecular flexibility index (Phi) is 2.94. The lowest BCUT2D eigenvalue weighted by atomic mass is 10.3. The molecule has 16 heavy (non-hydrogen) atoms. The van der Waals surface area contributed by atoms with E-state index in [-0.39, 0.29) is 0 Å². The first-order chi connectivity index (χ1) is 7.61. The number of carbonyl (C=O) groups is 1. The van der Waals surface area contributed by atoms with Gasteiger partial charge in [0.25, 0.3) is 0 Å². The number of aromatic nitrogens is 3. The molecule has 4 nitrogen and oxygen atoms in total. The molecule has 0 fully saturated rings. The summed E-state index contributed by atoms with van der Waals surface area (Å²) in [5.41, 5.74) is 1.63. The maximum atomic E-state index is 10.6. The minimum Gasteiger partial charge on any atom is -0.296 e. The van der Waals surface area contributed by atoms with E-state index >= 15 is 0 Å². The molecule has 0 bridgehead atoms. The number of aldehydes is 1. The van der Waals surface area contributed by atoms with Crippen molar-refractivity contribution in [2.24, 2.45) is 0 Å². The Morgan fingerprint density at radius 3 is 2.38 bits per heavy atom. The molecule has 2 rings (SSSR count). The summed E-state index contributed by atoms with van der Waals surface area (Å²) >= 11 is 11.8. The van der Waals surface area contributed by atoms with E-state index in [1.807, 2.05) is 0 Å². The summed E-state index contributed by atoms with van der Waals surface area (Å²) in [5.74, 6) is 0. The van der Waals surface area contributed by atoms with Crippen LogP contribution < -0.4 is 0 Å². The molecule has 0 saturated carbocycles. The van der Waals surface area contributed by atoms with Gasteiger partial charge in [0.2, 0.25) is 0 Å². The Balaban J connectivity index is 2.58. The van der Waals surface area contributed by atoms with Gasteiger partial charge < -0.3 is 0 Å². The summed E-state index contributed by atoms with van der Waals surface area (Å²) < 4.78 is 1.52. The van der Waals surface area contributed by atoms with E-state index in [1.165, 1.54) is 4.68 Å². The molecule has 6 heteroatoms. The highest BCUT2D eigenvalue weighted by Gasteiger charge is 2.10. The number of hydrogen-bond donors (Lipinski definition) is 0. The lowest BCUT2D eigenvalue weighted by Gasteiger charge is -2.04. The van der Waals surface area contributed by atoms with Crippen LogP contribution in [0.1, 0.15) is 16.2 Å². The van der Waals surface area contributed by atoms with Gasteiger partial charge in [0, 0.05) is 10.0 Å². The van der Waals surface area contributed by atoms with E-state index in [9.17, 15) is 4.79 Å². The van der Waals surface area contributed by atoms with Crippen molar-refractivity contribution in [1.82, 2.24) is 15.0 Å². The van der Waals surface area contributed by atoms with Gasteiger partial charge >= 0.3 is 0 Å². The largest absolute Gasteiger partial charge is 0.296 e. The number of carbonyl (C=O) groups excluding carboxylic acids is 1. The second kappa shape index (κ2) is 4.23. The maximum Gasteiger partial charge on any atom is 0.172 e. The smallest absolute Gasteiger partial charge is 0.172 e. The molecule has 1 aromatic carbocycles. The molecule has 82 valence electrons. The van der Waals surface area contributed by atoms with E-state index in [0.717, 1.165) is 0 Å². The van der Waals surface area contributed by atoms with E-state index < -0.39 is 0 Å². The van der Waals surface area contributed by atoms with Crippen LogP contribution in [-0.2, 0) is 0 Å². The normalized spacial score (nSPS) is 10.4. The molecule has 0 spiro atoms. The zero-order chi connectivity index (χ0) is 11.7. The van der Waals surface area contributed by atoms with Crippen molar-refractivity contribution in [2.45, 2.75) is 6.92 Å². The third kappa shape index (κ3) is 1.94. The van der Waals surface area contributed by atoms with Gasteiger partial charge in [-0.15, -0.1) is 5.10 Å². The van der Waals surface area contributed by atoms with Gasteiger partial charge in [0.05, 0.1) is 11.4 Å². The fourth-order valence-corrected chi connectivity index (χ4v) is 1.87. The highest BCUT2D eigenvalue weighted by atomic mass is 35.5. The highest BCUT2D eigenvalue weighted by Crippen LogP contribution is 2.22. The number of hydrogen-bond acceptors (Lipinski definition) is 3. The van der Waals surface area contributed by atoms with Gasteiger partial charge in [-0.3, -0.25) is 4.79 Å². The molecule has 1 heterocycles. The number of halogens is 2. The zero-order valence-corrected chi connectivity index (χ0v) is 9.83. The van der Waals surface area contributed by atoms with Crippen molar-refractivity contribution in [2.75, 3.05) is 0 Å². The van der Waals surface area contributed by atoms with Crippen LogP contribution in [0, 0.1) is 6.92 Å². The molecule has 0 saturated heterocycles. The van der Waals surface area contributed by atoms with Crippen LogP contribution in [-0.4, -0.2) is 21.3 Å². The lowest BCUT2D eigenvalue weighted by Crippen LogP contribution is -1.99. The summed E-state index contributed by atoms with van der Waals surface area (Å²) in [5, 5.41) is 8.60. The second-order valence-electron chi connectivity index (χ2n) is 3.22. The lowest BCUT2D eigenvalue weighted by molar-refractivity contribution is 0.111. The van der Waals surface area contributed by atoms with Crippen LogP contribution in [0.3, 0.4) is 0 Å². The predicted molar refractivity (Wildman–Crippen MR) is 61.5 cm³/mol. The van der Waals surface area contributed by atoms with Crippen LogP contribution in [0.25, 0.3) is 5.69 Å². The molecule has 0 N–H and O–H groups in total. The van der Waals surface area contributed by atoms with Gasteiger partial charge in [-0.1, -0.05) is 28.4 Å². The summed E-state index contributed by atoms with van der Waals surface area (Å²) in [4.78, 5) is 10.6. The molecular weight excluding hydrogens is 249 g/mol. The van der Waals surface area contributed by atoms with Crippen molar-refractivity contribution >= 4 is 29.5 Å². The van der Waals surface area contributed by atoms with Crippen LogP contribution >= 0.6 is 23.2 Å². The quantitative estimate of drug-likeness (QED) is 0.776. The number of rotatable bonds is 2. The van der Waals surface area contributed by atoms with Crippen molar-refractivity contribution in [1.29, 1.82) is 0 Å². The van der Waals surface area contributed by atoms with E-state index in [2.05, 4.69) is 10.3 Å². The molecule has 0 radical (unpaired) electrons. The summed E-state index contributed by atoms with van der Waals surface area (Å²) in [6, 6.07) is 5.02. The van der Waals surface area contributed by atoms with Gasteiger partial charge in [0.1, 0.15) is 5.69 Å². The van der Waals surface area contributed by atoms with Crippen LogP contribution in [0.5, 0.6) is 0 Å². The first-order valence-corrected chi connectivity index (χ1v) is 5.21. The van der Waals surface area contributed by atoms with Crippen LogP contribution in [0.4, 0.5) is 0 Å². The zero-order valence-electron chi connectivity index (χ0n) is 8.32. The Hall–Kier alpha value is -1.39. The molecule has 0 atom stereocenters. The third-order valence-electron chi connectivity index (χ3n) is 2.13. The minimum atomic E-state index is 0.302. The Morgan fingerprint density at radius 2 is 1.88 bits per heavy atom. The summed E-state index contributed by atoms with van der Waals surface area (Å²) in [6.45, 7) is 1.75. The average Bonchev–Trinajstić information content (AvgIpc) is 2.58. The SMILES string of the molecule is Cc1c(C=O)nnn1-c1cc(Cl)cc(Cl)c1. The van der Waals surface area contributed by atoms with Crippen molar-refractivity contribution < 1.29 is 4.79 Å². The Bertz CT molecular complexity index is 531. The maximum absolute atomic E-state index is 10.6. The molecule has 0 aliphatic carbocycles. The van der Waals surface area contributed by atoms with Crippen molar-refractivity contribution in [3.05, 3.63) is 39.6 Å². The van der Waals surface area contributed by atoms with Gasteiger partial charge in [-0.2, -0.15) is 0 Å². The molecule has 0 aliphatic heterocycles. The predicted octanol–water partition coefficient (Wildman–Crippen LogP) is 2.70. The average molecular weight is 256 g/mol. The molecule has 0 amide bonds. The topological polar surface area (TPSA) is 47.8 Å². The minimum absolute atomic E-state index is 0.302. The van der Waals surface area contributed by atoms with E-state index in [0.29, 0.717) is 33.4 Å². The van der Waals surface area contributed by atoms with Crippen LogP contribution in [0.15, 0.2) is 18.2 Å². The Labute approximate surface area is 102 Å². The van der Waals surface area contributed by atoms with E-state index in [1.54, 1.807) is 25.1 Å². The van der Waals surface area contributed by atoms with Gasteiger partial charge in [-0.25, -0.2) is 4.68 Å². The van der Waals surface area contributed by atoms with Crippen molar-refractivity contribution in [3.8, 4) is 5.69 Å². The van der Waals surface area contributed by atoms with Crippen LogP contribution in [0.2, 0.25) is 10.0 Å².